The summed E-state index contributed by atoms with van der Waals surface area (Å²) in [5.41, 5.74) is 1.01. The van der Waals surface area contributed by atoms with Gasteiger partial charge in [0.2, 0.25) is 0 Å². The van der Waals surface area contributed by atoms with E-state index in [0.717, 1.165) is 6.42 Å². The maximum Gasteiger partial charge on any atom is 0.333 e. The highest BCUT2D eigenvalue weighted by Crippen LogP contribution is 2.22. The summed E-state index contributed by atoms with van der Waals surface area (Å²) in [6, 6.07) is 0. The molecule has 0 saturated heterocycles. The Bertz CT molecular complexity index is 392. The number of carbonyl (C=O) groups excluding carboxylic acids is 1. The topological polar surface area (TPSA) is 26.3 Å². The Kier molecular flexibility index (Phi) is 18.7. The molecule has 0 aliphatic carbocycles. The van der Waals surface area contributed by atoms with Crippen LogP contribution < -0.4 is 0 Å². The van der Waals surface area contributed by atoms with E-state index in [2.05, 4.69) is 27.4 Å². The van der Waals surface area contributed by atoms with Gasteiger partial charge in [-0.2, -0.15) is 0 Å². The third-order valence-corrected chi connectivity index (χ3v) is 5.65. The zero-order valence-corrected chi connectivity index (χ0v) is 20.5. The summed E-state index contributed by atoms with van der Waals surface area (Å²) in [5, 5.41) is 0. The van der Waals surface area contributed by atoms with Crippen LogP contribution >= 0.6 is 0 Å². The van der Waals surface area contributed by atoms with Crippen molar-refractivity contribution in [1.82, 2.24) is 0 Å². The normalized spacial score (nSPS) is 11.6. The molecule has 0 fully saturated rings. The minimum absolute atomic E-state index is 0.253. The van der Waals surface area contributed by atoms with Crippen molar-refractivity contribution < 1.29 is 9.53 Å². The van der Waals surface area contributed by atoms with Crippen molar-refractivity contribution in [2.45, 2.75) is 143 Å². The van der Waals surface area contributed by atoms with Gasteiger partial charge in [0.1, 0.15) is 0 Å². The van der Waals surface area contributed by atoms with Crippen LogP contribution in [0, 0.1) is 5.41 Å². The second-order valence-electron chi connectivity index (χ2n) is 10.2. The summed E-state index contributed by atoms with van der Waals surface area (Å²) in [6.45, 7) is 12.9. The fourth-order valence-corrected chi connectivity index (χ4v) is 3.70. The maximum absolute atomic E-state index is 11.2. The van der Waals surface area contributed by atoms with Gasteiger partial charge in [-0.3, -0.25) is 0 Å². The van der Waals surface area contributed by atoms with Crippen LogP contribution in [0.15, 0.2) is 12.2 Å². The van der Waals surface area contributed by atoms with E-state index in [1.807, 2.05) is 0 Å². The van der Waals surface area contributed by atoms with Crippen LogP contribution in [0.3, 0.4) is 0 Å². The first-order chi connectivity index (χ1) is 13.8. The lowest BCUT2D eigenvalue weighted by atomic mass is 9.89. The van der Waals surface area contributed by atoms with E-state index in [4.69, 9.17) is 4.74 Å². The third kappa shape index (κ3) is 23.4. The van der Waals surface area contributed by atoms with E-state index in [-0.39, 0.29) is 5.97 Å². The van der Waals surface area contributed by atoms with E-state index in [1.165, 1.54) is 109 Å². The van der Waals surface area contributed by atoms with Crippen molar-refractivity contribution in [3.05, 3.63) is 12.2 Å². The van der Waals surface area contributed by atoms with Gasteiger partial charge in [-0.1, -0.05) is 130 Å². The number of carbonyl (C=O) groups is 1. The average molecular weight is 409 g/mol. The van der Waals surface area contributed by atoms with E-state index in [1.54, 1.807) is 6.92 Å². The summed E-state index contributed by atoms with van der Waals surface area (Å²) < 4.78 is 5.10. The maximum atomic E-state index is 11.2. The molecule has 0 aliphatic rings. The summed E-state index contributed by atoms with van der Waals surface area (Å²) in [7, 11) is 0. The molecule has 0 aliphatic heterocycles. The monoisotopic (exact) mass is 408 g/mol. The van der Waals surface area contributed by atoms with Crippen molar-refractivity contribution in [1.29, 1.82) is 0 Å². The highest BCUT2D eigenvalue weighted by atomic mass is 16.5. The molecule has 0 bridgehead atoms. The Morgan fingerprint density at radius 2 is 0.931 bits per heavy atom. The Labute approximate surface area is 183 Å². The van der Waals surface area contributed by atoms with Crippen LogP contribution in [0.2, 0.25) is 0 Å². The van der Waals surface area contributed by atoms with Gasteiger partial charge in [-0.15, -0.1) is 0 Å². The molecule has 0 aromatic rings. The lowest BCUT2D eigenvalue weighted by Crippen LogP contribution is -2.05. The van der Waals surface area contributed by atoms with Gasteiger partial charge in [0.05, 0.1) is 6.61 Å². The smallest absolute Gasteiger partial charge is 0.333 e. The average Bonchev–Trinajstić information content (AvgIpc) is 2.65. The minimum Gasteiger partial charge on any atom is -0.462 e. The van der Waals surface area contributed by atoms with Crippen molar-refractivity contribution in [3.8, 4) is 0 Å². The molecule has 2 heteroatoms. The van der Waals surface area contributed by atoms with Crippen molar-refractivity contribution >= 4 is 5.97 Å². The fraction of sp³-hybridized carbons (Fsp3) is 0.889. The molecule has 0 atom stereocenters. The van der Waals surface area contributed by atoms with E-state index < -0.39 is 0 Å². The molecular formula is C27H52O2. The molecule has 0 unspecified atom stereocenters. The molecule has 172 valence electrons. The highest BCUT2D eigenvalue weighted by molar-refractivity contribution is 5.86. The molecule has 0 rings (SSSR count). The molecule has 2 nitrogen and oxygen atoms in total. The predicted molar refractivity (Wildman–Crippen MR) is 128 cm³/mol. The number of esters is 1. The van der Waals surface area contributed by atoms with Gasteiger partial charge in [-0.05, 0) is 25.2 Å². The van der Waals surface area contributed by atoms with Gasteiger partial charge in [-0.25, -0.2) is 4.79 Å². The standard InChI is InChI=1S/C27H52O2/c1-25(2)26(28)29-24-22-20-18-16-14-12-10-8-6-7-9-11-13-15-17-19-21-23-27(3,4)5/h1,6-24H2,2-5H3. The molecule has 0 spiro atoms. The van der Waals surface area contributed by atoms with Crippen LogP contribution in [0.4, 0.5) is 0 Å². The number of hydrogen-bond donors (Lipinski definition) is 0. The summed E-state index contributed by atoms with van der Waals surface area (Å²) >= 11 is 0. The van der Waals surface area contributed by atoms with Gasteiger partial charge < -0.3 is 4.74 Å². The van der Waals surface area contributed by atoms with Crippen molar-refractivity contribution in [2.75, 3.05) is 6.61 Å². The third-order valence-electron chi connectivity index (χ3n) is 5.65. The SMILES string of the molecule is C=C(C)C(=O)OCCCCCCCCCCCCCCCCCCCC(C)(C)C. The molecule has 0 aromatic heterocycles. The van der Waals surface area contributed by atoms with E-state index >= 15 is 0 Å². The molecule has 0 aromatic carbocycles. The predicted octanol–water partition coefficient (Wildman–Crippen LogP) is 9.17. The summed E-state index contributed by atoms with van der Waals surface area (Å²) in [4.78, 5) is 11.2. The number of ether oxygens (including phenoxy) is 1. The van der Waals surface area contributed by atoms with Gasteiger partial charge >= 0.3 is 5.97 Å². The van der Waals surface area contributed by atoms with Crippen molar-refractivity contribution in [2.24, 2.45) is 5.41 Å². The van der Waals surface area contributed by atoms with Crippen LogP contribution in [0.25, 0.3) is 0 Å². The first-order valence-corrected chi connectivity index (χ1v) is 12.7. The number of rotatable bonds is 20. The van der Waals surface area contributed by atoms with E-state index in [0.29, 0.717) is 17.6 Å². The van der Waals surface area contributed by atoms with Crippen LogP contribution in [0.5, 0.6) is 0 Å². The summed E-state index contributed by atoms with van der Waals surface area (Å²) in [6.07, 6.45) is 24.6. The minimum atomic E-state index is -0.253. The Balaban J connectivity index is 3.10. The molecule has 0 radical (unpaired) electrons. The first-order valence-electron chi connectivity index (χ1n) is 12.7. The molecule has 0 heterocycles. The second-order valence-corrected chi connectivity index (χ2v) is 10.2. The molecule has 29 heavy (non-hydrogen) atoms. The number of hydrogen-bond acceptors (Lipinski definition) is 2. The molecule has 0 N–H and O–H groups in total. The van der Waals surface area contributed by atoms with Gasteiger partial charge in [0.25, 0.3) is 0 Å². The quantitative estimate of drug-likeness (QED) is 0.114. The van der Waals surface area contributed by atoms with Gasteiger partial charge in [0, 0.05) is 5.57 Å². The van der Waals surface area contributed by atoms with Crippen LogP contribution in [0.1, 0.15) is 143 Å². The summed E-state index contributed by atoms with van der Waals surface area (Å²) in [5.74, 6) is -0.253. The van der Waals surface area contributed by atoms with Gasteiger partial charge in [0.15, 0.2) is 0 Å². The zero-order valence-electron chi connectivity index (χ0n) is 20.5. The fourth-order valence-electron chi connectivity index (χ4n) is 3.70. The Hall–Kier alpha value is -0.790. The second kappa shape index (κ2) is 19.2. The zero-order chi connectivity index (χ0) is 21.8. The molecule has 0 amide bonds. The first kappa shape index (κ1) is 28.2. The molecule has 0 saturated carbocycles. The van der Waals surface area contributed by atoms with Crippen molar-refractivity contribution in [3.63, 3.8) is 0 Å². The Morgan fingerprint density at radius 1 is 0.621 bits per heavy atom. The largest absolute Gasteiger partial charge is 0.462 e. The lowest BCUT2D eigenvalue weighted by Gasteiger charge is -2.17. The Morgan fingerprint density at radius 3 is 1.24 bits per heavy atom. The lowest BCUT2D eigenvalue weighted by molar-refractivity contribution is -0.139. The van der Waals surface area contributed by atoms with Crippen LogP contribution in [-0.4, -0.2) is 12.6 Å². The molecular weight excluding hydrogens is 356 g/mol. The van der Waals surface area contributed by atoms with Crippen LogP contribution in [-0.2, 0) is 9.53 Å². The highest BCUT2D eigenvalue weighted by Gasteiger charge is 2.08. The number of unbranched alkanes of at least 4 members (excludes halogenated alkanes) is 16. The van der Waals surface area contributed by atoms with E-state index in [9.17, 15) is 4.79 Å².